The van der Waals surface area contributed by atoms with Crippen LogP contribution in [0.1, 0.15) is 56.9 Å². The number of nitrogens with one attached hydrogen (secondary N) is 2. The van der Waals surface area contributed by atoms with Crippen molar-refractivity contribution in [2.45, 2.75) is 74.9 Å². The molecule has 1 amide bonds. The third-order valence-corrected chi connectivity index (χ3v) is 11.6. The molecule has 3 heterocycles. The molecular formula is C23H30N4O6S3. The zero-order chi connectivity index (χ0) is 25.4. The molecule has 3 fully saturated rings. The van der Waals surface area contributed by atoms with Crippen LogP contribution in [0.4, 0.5) is 5.00 Å². The summed E-state index contributed by atoms with van der Waals surface area (Å²) in [6.45, 7) is -0.189. The summed E-state index contributed by atoms with van der Waals surface area (Å²) in [6.07, 6.45) is 9.14. The maximum Gasteiger partial charge on any atom is 0.287 e. The minimum absolute atomic E-state index is 0.0325. The smallest absolute Gasteiger partial charge is 0.287 e. The van der Waals surface area contributed by atoms with Crippen LogP contribution in [0.25, 0.3) is 0 Å². The van der Waals surface area contributed by atoms with E-state index in [4.69, 9.17) is 0 Å². The van der Waals surface area contributed by atoms with Crippen LogP contribution in [0.5, 0.6) is 0 Å². The van der Waals surface area contributed by atoms with E-state index in [1.54, 1.807) is 5.38 Å². The molecular weight excluding hydrogens is 524 g/mol. The fraction of sp³-hybridized carbons (Fsp3) is 0.652. The largest absolute Gasteiger partial charge is 0.511 e. The van der Waals surface area contributed by atoms with Gasteiger partial charge in [-0.25, -0.2) is 13.1 Å². The average molecular weight is 555 g/mol. The molecule has 0 spiro atoms. The number of sulfonamides is 2. The van der Waals surface area contributed by atoms with Gasteiger partial charge in [0.1, 0.15) is 21.2 Å². The van der Waals surface area contributed by atoms with Gasteiger partial charge in [-0.05, 0) is 49.3 Å². The van der Waals surface area contributed by atoms with Gasteiger partial charge in [-0.1, -0.05) is 19.3 Å². The Balaban J connectivity index is 1.40. The number of carbonyl (C=O) groups is 1. The number of amides is 1. The van der Waals surface area contributed by atoms with Crippen LogP contribution in [0.15, 0.2) is 26.0 Å². The van der Waals surface area contributed by atoms with Crippen molar-refractivity contribution in [3.63, 3.8) is 0 Å². The fourth-order valence-electron chi connectivity index (χ4n) is 7.07. The molecule has 36 heavy (non-hydrogen) atoms. The lowest BCUT2D eigenvalue weighted by atomic mass is 9.76. The predicted molar refractivity (Wildman–Crippen MR) is 136 cm³/mol. The molecule has 3 N–H and O–H groups in total. The number of aliphatic hydroxyl groups excluding tert-OH is 1. The number of thiophene rings is 1. The van der Waals surface area contributed by atoms with E-state index in [0.717, 1.165) is 69.0 Å². The van der Waals surface area contributed by atoms with Gasteiger partial charge in [0.15, 0.2) is 5.84 Å². The van der Waals surface area contributed by atoms with Crippen molar-refractivity contribution in [1.29, 1.82) is 0 Å². The predicted octanol–water partition coefficient (Wildman–Crippen LogP) is 2.71. The number of rotatable bonds is 5. The number of amidine groups is 1. The van der Waals surface area contributed by atoms with Crippen molar-refractivity contribution < 1.29 is 26.7 Å². The van der Waals surface area contributed by atoms with Crippen LogP contribution in [-0.2, 0) is 31.4 Å². The fourth-order valence-corrected chi connectivity index (χ4v) is 10.1. The number of hydrogen-bond donors (Lipinski definition) is 3. The first kappa shape index (κ1) is 24.4. The Kier molecular flexibility index (Phi) is 5.78. The van der Waals surface area contributed by atoms with Gasteiger partial charge < -0.3 is 15.3 Å². The Bertz CT molecular complexity index is 1390. The van der Waals surface area contributed by atoms with Crippen molar-refractivity contribution in [1.82, 2.24) is 9.62 Å². The maximum atomic E-state index is 14.0. The molecule has 3 saturated carbocycles. The van der Waals surface area contributed by atoms with E-state index in [-0.39, 0.29) is 69.0 Å². The highest BCUT2D eigenvalue weighted by Crippen LogP contribution is 2.56. The number of nitrogens with zero attached hydrogens (tertiary/aromatic N) is 2. The molecule has 196 valence electrons. The van der Waals surface area contributed by atoms with Crippen LogP contribution in [0.2, 0.25) is 0 Å². The van der Waals surface area contributed by atoms with Crippen molar-refractivity contribution in [2.24, 2.45) is 22.2 Å². The number of anilines is 1. The quantitative estimate of drug-likeness (QED) is 0.507. The highest BCUT2D eigenvalue weighted by molar-refractivity contribution is 7.91. The summed E-state index contributed by atoms with van der Waals surface area (Å²) in [5.41, 5.74) is 0.244. The maximum absolute atomic E-state index is 14.0. The molecule has 0 saturated heterocycles. The first-order valence-electron chi connectivity index (χ1n) is 12.5. The Morgan fingerprint density at radius 2 is 1.92 bits per heavy atom. The monoisotopic (exact) mass is 554 g/mol. The minimum Gasteiger partial charge on any atom is -0.511 e. The number of hydrogen-bond acceptors (Lipinski definition) is 8. The Morgan fingerprint density at radius 3 is 2.64 bits per heavy atom. The zero-order valence-electron chi connectivity index (χ0n) is 19.9. The Labute approximate surface area is 215 Å². The molecule has 0 unspecified atom stereocenters. The normalized spacial score (nSPS) is 31.8. The minimum atomic E-state index is -4.23. The lowest BCUT2D eigenvalue weighted by Gasteiger charge is -2.48. The van der Waals surface area contributed by atoms with E-state index in [2.05, 4.69) is 14.4 Å². The summed E-state index contributed by atoms with van der Waals surface area (Å²) >= 11 is 1.10. The van der Waals surface area contributed by atoms with Gasteiger partial charge in [0.2, 0.25) is 10.0 Å². The van der Waals surface area contributed by atoms with Gasteiger partial charge in [-0.3, -0.25) is 4.79 Å². The number of carbonyl (C=O) groups excluding carboxylic acids is 1. The Morgan fingerprint density at radius 1 is 1.19 bits per heavy atom. The van der Waals surface area contributed by atoms with E-state index < -0.39 is 20.0 Å². The third kappa shape index (κ3) is 3.89. The molecule has 4 atom stereocenters. The summed E-state index contributed by atoms with van der Waals surface area (Å²) in [6, 6.07) is 0.0582. The van der Waals surface area contributed by atoms with E-state index in [0.29, 0.717) is 5.92 Å². The number of fused-ring (bicyclic) bond motifs is 6. The second-order valence-electron chi connectivity index (χ2n) is 10.7. The van der Waals surface area contributed by atoms with Gasteiger partial charge in [0.05, 0.1) is 6.26 Å². The molecule has 5 aliphatic rings. The summed E-state index contributed by atoms with van der Waals surface area (Å²) in [5, 5.41) is 16.3. The lowest BCUT2D eigenvalue weighted by Crippen LogP contribution is -2.58. The van der Waals surface area contributed by atoms with Crippen LogP contribution < -0.4 is 10.0 Å². The Hall–Kier alpha value is -1.96. The van der Waals surface area contributed by atoms with Gasteiger partial charge in [-0.15, -0.1) is 15.7 Å². The number of aliphatic hydroxyl groups is 1. The highest BCUT2D eigenvalue weighted by atomic mass is 32.2. The zero-order valence-corrected chi connectivity index (χ0v) is 22.4. The standard InChI is InChI=1S/C23H30N4O6S3/c1-35(30,31)24-10-14-11-34-22-20(14)36(32,33)26-21(25-22)17-19(28)16-12-7-8-13(9-12)18(16)27(23(17)29)15-5-3-2-4-6-15/h11-13,15-16,18,24,28H,2-10H2,1H3,(H,25,26)/t12-,13+,16-,18+/m1/s1. The van der Waals surface area contributed by atoms with Crippen LogP contribution >= 0.6 is 11.3 Å². The van der Waals surface area contributed by atoms with E-state index in [1.165, 1.54) is 0 Å². The van der Waals surface area contributed by atoms with Crippen LogP contribution in [-0.4, -0.2) is 56.9 Å². The molecule has 13 heteroatoms. The molecule has 2 bridgehead atoms. The van der Waals surface area contributed by atoms with Crippen LogP contribution in [0, 0.1) is 17.8 Å². The lowest BCUT2D eigenvalue weighted by molar-refractivity contribution is -0.137. The summed E-state index contributed by atoms with van der Waals surface area (Å²) in [5.74, 6) is -0.0611. The molecule has 0 radical (unpaired) electrons. The van der Waals surface area contributed by atoms with Crippen LogP contribution in [0.3, 0.4) is 0 Å². The van der Waals surface area contributed by atoms with E-state index in [9.17, 15) is 26.7 Å². The second-order valence-corrected chi connectivity index (χ2v) is 14.9. The molecule has 10 nitrogen and oxygen atoms in total. The van der Waals surface area contributed by atoms with Crippen molar-refractivity contribution in [3.05, 3.63) is 22.3 Å². The highest BCUT2D eigenvalue weighted by Gasteiger charge is 2.58. The summed E-state index contributed by atoms with van der Waals surface area (Å²) in [7, 11) is -7.76. The summed E-state index contributed by atoms with van der Waals surface area (Å²) in [4.78, 5) is 15.9. The summed E-state index contributed by atoms with van der Waals surface area (Å²) < 4.78 is 55.8. The van der Waals surface area contributed by atoms with Crippen molar-refractivity contribution in [2.75, 3.05) is 11.6 Å². The van der Waals surface area contributed by atoms with E-state index in [1.807, 2.05) is 4.90 Å². The third-order valence-electron chi connectivity index (χ3n) is 8.46. The van der Waals surface area contributed by atoms with Gasteiger partial charge in [0, 0.05) is 30.1 Å². The van der Waals surface area contributed by atoms with Gasteiger partial charge >= 0.3 is 0 Å². The first-order chi connectivity index (χ1) is 17.0. The first-order valence-corrected chi connectivity index (χ1v) is 16.7. The van der Waals surface area contributed by atoms with Crippen molar-refractivity contribution in [3.8, 4) is 0 Å². The molecule has 3 aliphatic carbocycles. The van der Waals surface area contributed by atoms with E-state index >= 15 is 0 Å². The molecule has 1 aromatic heterocycles. The topological polar surface area (TPSA) is 145 Å². The SMILES string of the molecule is CS(=O)(=O)NCc1csc2c1S(=O)(=O)N=C(C1=C(O)[C@@H]3[C@@H]4CC[C@@H](C4)[C@@H]3N(C3CCCCC3)C1=O)N2. The molecule has 0 aromatic carbocycles. The second kappa shape index (κ2) is 8.53. The van der Waals surface area contributed by atoms with Gasteiger partial charge in [-0.2, -0.15) is 8.42 Å². The van der Waals surface area contributed by atoms with Gasteiger partial charge in [0.25, 0.3) is 15.9 Å². The van der Waals surface area contributed by atoms with Crippen molar-refractivity contribution >= 4 is 48.1 Å². The average Bonchev–Trinajstić information content (AvgIpc) is 3.53. The molecule has 1 aromatic rings. The molecule has 6 rings (SSSR count). The molecule has 2 aliphatic heterocycles.